The highest BCUT2D eigenvalue weighted by Crippen LogP contribution is 2.21. The number of nitrogens with two attached hydrogens (primary N) is 1. The van der Waals surface area contributed by atoms with E-state index in [2.05, 4.69) is 22.4 Å². The van der Waals surface area contributed by atoms with Gasteiger partial charge in [-0.05, 0) is 31.5 Å². The maximum atomic E-state index is 5.86. The molecule has 1 atom stereocenters. The summed E-state index contributed by atoms with van der Waals surface area (Å²) in [7, 11) is 0. The van der Waals surface area contributed by atoms with Crippen molar-refractivity contribution in [1.82, 2.24) is 10.2 Å². The molecule has 0 aliphatic heterocycles. The number of nitrogens with zero attached hydrogens (tertiary/aromatic N) is 1. The van der Waals surface area contributed by atoms with Crippen LogP contribution in [0.3, 0.4) is 0 Å². The molecular weight excluding hydrogens is 200 g/mol. The zero-order chi connectivity index (χ0) is 11.5. The lowest BCUT2D eigenvalue weighted by molar-refractivity contribution is 0.886. The van der Waals surface area contributed by atoms with E-state index in [0.717, 1.165) is 22.5 Å². The van der Waals surface area contributed by atoms with Crippen molar-refractivity contribution in [3.63, 3.8) is 0 Å². The summed E-state index contributed by atoms with van der Waals surface area (Å²) in [6, 6.07) is 6.20. The summed E-state index contributed by atoms with van der Waals surface area (Å²) in [5, 5.41) is 10.1. The van der Waals surface area contributed by atoms with E-state index in [9.17, 15) is 0 Å². The summed E-state index contributed by atoms with van der Waals surface area (Å²) in [6.45, 7) is 4.08. The first-order valence-electron chi connectivity index (χ1n) is 5.28. The second-order valence-electron chi connectivity index (χ2n) is 3.97. The number of nitrogens with one attached hydrogen (secondary N) is 2. The van der Waals surface area contributed by atoms with E-state index in [1.807, 2.05) is 37.5 Å². The van der Waals surface area contributed by atoms with Crippen molar-refractivity contribution in [2.45, 2.75) is 19.9 Å². The fourth-order valence-electron chi connectivity index (χ4n) is 1.56. The first-order valence-corrected chi connectivity index (χ1v) is 5.28. The lowest BCUT2D eigenvalue weighted by Crippen LogP contribution is -2.06. The van der Waals surface area contributed by atoms with Gasteiger partial charge >= 0.3 is 0 Å². The van der Waals surface area contributed by atoms with Gasteiger partial charge in [-0.1, -0.05) is 6.07 Å². The van der Waals surface area contributed by atoms with Gasteiger partial charge in [0.15, 0.2) is 0 Å². The molecule has 0 aliphatic carbocycles. The second kappa shape index (κ2) is 4.26. The van der Waals surface area contributed by atoms with E-state index >= 15 is 0 Å². The Kier molecular flexibility index (Phi) is 2.81. The molecular formula is C12H16N4. The van der Waals surface area contributed by atoms with Gasteiger partial charge in [0, 0.05) is 23.1 Å². The van der Waals surface area contributed by atoms with Crippen molar-refractivity contribution >= 4 is 11.4 Å². The molecule has 84 valence electrons. The third kappa shape index (κ3) is 2.16. The Labute approximate surface area is 94.9 Å². The molecule has 1 heterocycles. The number of aromatic nitrogens is 2. The van der Waals surface area contributed by atoms with Crippen molar-refractivity contribution in [1.29, 1.82) is 0 Å². The van der Waals surface area contributed by atoms with Crippen LogP contribution in [-0.2, 0) is 0 Å². The SMILES string of the molecule is Cc1ccc(NC(C)c2cn[nH]c2)cc1N. The molecule has 0 fully saturated rings. The van der Waals surface area contributed by atoms with Crippen LogP contribution in [-0.4, -0.2) is 10.2 Å². The number of nitrogen functional groups attached to an aromatic ring is 1. The standard InChI is InChI=1S/C12H16N4/c1-8-3-4-11(5-12(8)13)16-9(2)10-6-14-15-7-10/h3-7,9,16H,13H2,1-2H3,(H,14,15). The van der Waals surface area contributed by atoms with Crippen molar-refractivity contribution in [3.05, 3.63) is 41.7 Å². The third-order valence-corrected chi connectivity index (χ3v) is 2.68. The van der Waals surface area contributed by atoms with E-state index in [1.165, 1.54) is 0 Å². The average molecular weight is 216 g/mol. The van der Waals surface area contributed by atoms with E-state index in [-0.39, 0.29) is 6.04 Å². The van der Waals surface area contributed by atoms with Crippen LogP contribution in [0.4, 0.5) is 11.4 Å². The van der Waals surface area contributed by atoms with Gasteiger partial charge < -0.3 is 11.1 Å². The first kappa shape index (κ1) is 10.5. The molecule has 0 saturated heterocycles. The Morgan fingerprint density at radius 3 is 2.88 bits per heavy atom. The number of rotatable bonds is 3. The Morgan fingerprint density at radius 1 is 1.44 bits per heavy atom. The molecule has 0 bridgehead atoms. The lowest BCUT2D eigenvalue weighted by atomic mass is 10.1. The van der Waals surface area contributed by atoms with Crippen molar-refractivity contribution in [3.8, 4) is 0 Å². The molecule has 2 aromatic rings. The number of anilines is 2. The smallest absolute Gasteiger partial charge is 0.0539 e. The number of benzene rings is 1. The van der Waals surface area contributed by atoms with E-state index in [4.69, 9.17) is 5.73 Å². The minimum Gasteiger partial charge on any atom is -0.398 e. The molecule has 0 radical (unpaired) electrons. The van der Waals surface area contributed by atoms with Gasteiger partial charge in [-0.2, -0.15) is 5.10 Å². The molecule has 1 aromatic heterocycles. The highest BCUT2D eigenvalue weighted by molar-refractivity contribution is 5.58. The maximum absolute atomic E-state index is 5.86. The zero-order valence-electron chi connectivity index (χ0n) is 9.49. The summed E-state index contributed by atoms with van der Waals surface area (Å²) in [6.07, 6.45) is 3.70. The summed E-state index contributed by atoms with van der Waals surface area (Å²) < 4.78 is 0. The molecule has 4 heteroatoms. The maximum Gasteiger partial charge on any atom is 0.0539 e. The number of hydrogen-bond donors (Lipinski definition) is 3. The molecule has 0 saturated carbocycles. The molecule has 0 aliphatic rings. The van der Waals surface area contributed by atoms with Gasteiger partial charge in [0.05, 0.1) is 12.2 Å². The molecule has 4 N–H and O–H groups in total. The van der Waals surface area contributed by atoms with Crippen molar-refractivity contribution < 1.29 is 0 Å². The van der Waals surface area contributed by atoms with Gasteiger partial charge in [-0.15, -0.1) is 0 Å². The first-order chi connectivity index (χ1) is 7.66. The molecule has 1 aromatic carbocycles. The largest absolute Gasteiger partial charge is 0.398 e. The molecule has 4 nitrogen and oxygen atoms in total. The minimum absolute atomic E-state index is 0.209. The summed E-state index contributed by atoms with van der Waals surface area (Å²) >= 11 is 0. The number of H-pyrrole nitrogens is 1. The van der Waals surface area contributed by atoms with Gasteiger partial charge in [-0.25, -0.2) is 0 Å². The van der Waals surface area contributed by atoms with Gasteiger partial charge in [0.1, 0.15) is 0 Å². The molecule has 1 unspecified atom stereocenters. The monoisotopic (exact) mass is 216 g/mol. The van der Waals surface area contributed by atoms with Crippen molar-refractivity contribution in [2.75, 3.05) is 11.1 Å². The van der Waals surface area contributed by atoms with Crippen LogP contribution in [0.15, 0.2) is 30.6 Å². The van der Waals surface area contributed by atoms with Crippen LogP contribution < -0.4 is 11.1 Å². The topological polar surface area (TPSA) is 66.7 Å². The van der Waals surface area contributed by atoms with Gasteiger partial charge in [0.25, 0.3) is 0 Å². The Hall–Kier alpha value is -1.97. The van der Waals surface area contributed by atoms with E-state index < -0.39 is 0 Å². The number of hydrogen-bond acceptors (Lipinski definition) is 3. The number of aryl methyl sites for hydroxylation is 1. The fourth-order valence-corrected chi connectivity index (χ4v) is 1.56. The molecule has 2 rings (SSSR count). The molecule has 16 heavy (non-hydrogen) atoms. The van der Waals surface area contributed by atoms with Gasteiger partial charge in [-0.3, -0.25) is 5.10 Å². The predicted molar refractivity (Wildman–Crippen MR) is 66.2 cm³/mol. The highest BCUT2D eigenvalue weighted by Gasteiger charge is 2.06. The Morgan fingerprint density at radius 2 is 2.25 bits per heavy atom. The Bertz CT molecular complexity index is 462. The normalized spacial score (nSPS) is 12.4. The van der Waals surface area contributed by atoms with E-state index in [1.54, 1.807) is 0 Å². The van der Waals surface area contributed by atoms with E-state index in [0.29, 0.717) is 0 Å². The van der Waals surface area contributed by atoms with Crippen LogP contribution >= 0.6 is 0 Å². The van der Waals surface area contributed by atoms with Crippen LogP contribution in [0.2, 0.25) is 0 Å². The predicted octanol–water partition coefficient (Wildman–Crippen LogP) is 2.47. The fraction of sp³-hybridized carbons (Fsp3) is 0.250. The van der Waals surface area contributed by atoms with Crippen LogP contribution in [0.1, 0.15) is 24.1 Å². The minimum atomic E-state index is 0.209. The summed E-state index contributed by atoms with van der Waals surface area (Å²) in [5.41, 5.74) is 9.91. The second-order valence-corrected chi connectivity index (χ2v) is 3.97. The quantitative estimate of drug-likeness (QED) is 0.690. The summed E-state index contributed by atoms with van der Waals surface area (Å²) in [4.78, 5) is 0. The third-order valence-electron chi connectivity index (χ3n) is 2.68. The summed E-state index contributed by atoms with van der Waals surface area (Å²) in [5.74, 6) is 0. The van der Waals surface area contributed by atoms with Gasteiger partial charge in [0.2, 0.25) is 0 Å². The van der Waals surface area contributed by atoms with Crippen molar-refractivity contribution in [2.24, 2.45) is 0 Å². The van der Waals surface area contributed by atoms with Crippen LogP contribution in [0, 0.1) is 6.92 Å². The lowest BCUT2D eigenvalue weighted by Gasteiger charge is -2.14. The Balaban J connectivity index is 2.12. The molecule has 0 spiro atoms. The highest BCUT2D eigenvalue weighted by atomic mass is 15.1. The average Bonchev–Trinajstić information content (AvgIpc) is 2.77. The zero-order valence-corrected chi connectivity index (χ0v) is 9.49. The van der Waals surface area contributed by atoms with Crippen LogP contribution in [0.5, 0.6) is 0 Å². The van der Waals surface area contributed by atoms with Crippen LogP contribution in [0.25, 0.3) is 0 Å². The molecule has 0 amide bonds. The number of aromatic amines is 1.